The van der Waals surface area contributed by atoms with Gasteiger partial charge in [0.15, 0.2) is 12.2 Å². The van der Waals surface area contributed by atoms with Crippen molar-refractivity contribution < 1.29 is 21.8 Å². The van der Waals surface area contributed by atoms with Gasteiger partial charge < -0.3 is 17.7 Å². The maximum Gasteiger partial charge on any atom is 0.266 e. The number of hydrogen-bond donors (Lipinski definition) is 1. The highest BCUT2D eigenvalue weighted by molar-refractivity contribution is 6.33. The number of benzene rings is 2. The van der Waals surface area contributed by atoms with Crippen LogP contribution in [0.3, 0.4) is 0 Å². The summed E-state index contributed by atoms with van der Waals surface area (Å²) >= 11 is 6.12. The average molecular weight is 388 g/mol. The number of rotatable bonds is 4. The molecule has 0 saturated carbocycles. The topological polar surface area (TPSA) is 37.9 Å². The molecule has 0 unspecified atom stereocenters. The lowest BCUT2D eigenvalue weighted by atomic mass is 10.2. The first kappa shape index (κ1) is 18.5. The SMILES string of the molecule is O=C(C[n+]1cc(-c2ccccc2)n2c1CCC2)Nc1ccccc1Cl.[Cl-]. The van der Waals surface area contributed by atoms with Gasteiger partial charge in [0.05, 0.1) is 23.7 Å². The van der Waals surface area contributed by atoms with E-state index in [1.165, 1.54) is 17.1 Å². The van der Waals surface area contributed by atoms with Gasteiger partial charge in [-0.2, -0.15) is 0 Å². The van der Waals surface area contributed by atoms with E-state index in [-0.39, 0.29) is 24.9 Å². The molecule has 134 valence electrons. The fourth-order valence-electron chi connectivity index (χ4n) is 3.39. The zero-order valence-electron chi connectivity index (χ0n) is 14.2. The third-order valence-electron chi connectivity index (χ3n) is 4.53. The van der Waals surface area contributed by atoms with Crippen molar-refractivity contribution in [3.8, 4) is 11.3 Å². The van der Waals surface area contributed by atoms with Crippen LogP contribution in [0, 0.1) is 0 Å². The number of amides is 1. The summed E-state index contributed by atoms with van der Waals surface area (Å²) in [4.78, 5) is 12.5. The predicted octanol–water partition coefficient (Wildman–Crippen LogP) is 0.685. The molecule has 0 saturated heterocycles. The first-order valence-electron chi connectivity index (χ1n) is 8.44. The van der Waals surface area contributed by atoms with Crippen LogP contribution in [0.15, 0.2) is 60.8 Å². The quantitative estimate of drug-likeness (QED) is 0.657. The van der Waals surface area contributed by atoms with Crippen molar-refractivity contribution in [3.63, 3.8) is 0 Å². The maximum atomic E-state index is 12.5. The van der Waals surface area contributed by atoms with E-state index in [1.807, 2.05) is 36.4 Å². The van der Waals surface area contributed by atoms with Crippen LogP contribution in [-0.4, -0.2) is 10.5 Å². The highest BCUT2D eigenvalue weighted by atomic mass is 35.5. The molecule has 0 fully saturated rings. The van der Waals surface area contributed by atoms with Gasteiger partial charge in [-0.25, -0.2) is 9.13 Å². The zero-order valence-corrected chi connectivity index (χ0v) is 15.7. The standard InChI is InChI=1S/C20H18ClN3O.ClH/c21-16-9-4-5-10-17(16)22-19(25)14-23-13-18(15-7-2-1-3-8-15)24-12-6-11-20(23)24;/h1-5,7-10,13H,6,11-12,14H2;1H. The molecule has 4 nitrogen and oxygen atoms in total. The number of carbonyl (C=O) groups excluding carboxylic acids is 1. The number of anilines is 1. The van der Waals surface area contributed by atoms with Crippen molar-refractivity contribution in [1.82, 2.24) is 4.57 Å². The summed E-state index contributed by atoms with van der Waals surface area (Å²) in [7, 11) is 0. The Labute approximate surface area is 163 Å². The minimum atomic E-state index is -0.0713. The van der Waals surface area contributed by atoms with Gasteiger partial charge in [-0.15, -0.1) is 0 Å². The van der Waals surface area contributed by atoms with Crippen molar-refractivity contribution in [3.05, 3.63) is 71.6 Å². The summed E-state index contributed by atoms with van der Waals surface area (Å²) in [6.07, 6.45) is 4.18. The third kappa shape index (κ3) is 3.62. The van der Waals surface area contributed by atoms with Crippen LogP contribution in [0.5, 0.6) is 0 Å². The molecule has 1 aromatic heterocycles. The normalized spacial score (nSPS) is 12.3. The molecule has 26 heavy (non-hydrogen) atoms. The number of imidazole rings is 1. The number of aromatic nitrogens is 2. The summed E-state index contributed by atoms with van der Waals surface area (Å²) in [6.45, 7) is 1.28. The van der Waals surface area contributed by atoms with E-state index in [0.717, 1.165) is 19.4 Å². The number of nitrogens with zero attached hydrogens (tertiary/aromatic N) is 2. The number of fused-ring (bicyclic) bond motifs is 1. The fourth-order valence-corrected chi connectivity index (χ4v) is 3.58. The minimum Gasteiger partial charge on any atom is -1.00 e. The average Bonchev–Trinajstić information content (AvgIpc) is 3.22. The van der Waals surface area contributed by atoms with E-state index in [1.54, 1.807) is 6.07 Å². The van der Waals surface area contributed by atoms with Crippen LogP contribution in [0.4, 0.5) is 5.69 Å². The second kappa shape index (κ2) is 7.94. The van der Waals surface area contributed by atoms with Gasteiger partial charge >= 0.3 is 0 Å². The second-order valence-electron chi connectivity index (χ2n) is 6.21. The summed E-state index contributed by atoms with van der Waals surface area (Å²) in [6, 6.07) is 17.6. The van der Waals surface area contributed by atoms with Crippen LogP contribution in [-0.2, 0) is 24.3 Å². The number of carbonyl (C=O) groups is 1. The molecule has 2 aromatic carbocycles. The number of hydrogen-bond acceptors (Lipinski definition) is 1. The summed E-state index contributed by atoms with van der Waals surface area (Å²) in [5.41, 5.74) is 2.99. The molecule has 0 atom stereocenters. The Kier molecular flexibility index (Phi) is 5.64. The Morgan fingerprint density at radius 1 is 1.12 bits per heavy atom. The number of nitrogens with one attached hydrogen (secondary N) is 1. The summed E-state index contributed by atoms with van der Waals surface area (Å²) in [5.74, 6) is 1.13. The molecule has 1 aliphatic heterocycles. The molecule has 1 aliphatic rings. The monoisotopic (exact) mass is 387 g/mol. The molecule has 1 N–H and O–H groups in total. The largest absolute Gasteiger partial charge is 1.00 e. The lowest BCUT2D eigenvalue weighted by Crippen LogP contribution is -3.00. The first-order chi connectivity index (χ1) is 12.2. The van der Waals surface area contributed by atoms with Crippen LogP contribution >= 0.6 is 11.6 Å². The van der Waals surface area contributed by atoms with E-state index >= 15 is 0 Å². The van der Waals surface area contributed by atoms with E-state index < -0.39 is 0 Å². The molecule has 0 radical (unpaired) electrons. The Morgan fingerprint density at radius 2 is 1.85 bits per heavy atom. The van der Waals surface area contributed by atoms with Crippen molar-refractivity contribution in [2.75, 3.05) is 5.32 Å². The fraction of sp³-hybridized carbons (Fsp3) is 0.200. The Hall–Kier alpha value is -2.30. The molecule has 4 rings (SSSR count). The zero-order chi connectivity index (χ0) is 17.2. The van der Waals surface area contributed by atoms with Crippen molar-refractivity contribution in [1.29, 1.82) is 0 Å². The van der Waals surface area contributed by atoms with Crippen LogP contribution in [0.25, 0.3) is 11.3 Å². The maximum absolute atomic E-state index is 12.5. The van der Waals surface area contributed by atoms with Crippen LogP contribution in [0.2, 0.25) is 5.02 Å². The Morgan fingerprint density at radius 3 is 2.62 bits per heavy atom. The molecular weight excluding hydrogens is 369 g/mol. The molecule has 1 amide bonds. The van der Waals surface area contributed by atoms with Gasteiger partial charge in [-0.1, -0.05) is 54.1 Å². The highest BCUT2D eigenvalue weighted by Gasteiger charge is 2.29. The van der Waals surface area contributed by atoms with Gasteiger partial charge in [-0.05, 0) is 18.6 Å². The summed E-state index contributed by atoms with van der Waals surface area (Å²) < 4.78 is 4.37. The van der Waals surface area contributed by atoms with Crippen LogP contribution in [0.1, 0.15) is 12.2 Å². The molecule has 2 heterocycles. The summed E-state index contributed by atoms with van der Waals surface area (Å²) in [5, 5.41) is 3.45. The van der Waals surface area contributed by atoms with Gasteiger partial charge in [0.25, 0.3) is 11.7 Å². The molecule has 0 spiro atoms. The van der Waals surface area contributed by atoms with Crippen molar-refractivity contribution >= 4 is 23.2 Å². The lowest BCUT2D eigenvalue weighted by Gasteiger charge is -2.05. The molecule has 6 heteroatoms. The van der Waals surface area contributed by atoms with Gasteiger partial charge in [0, 0.05) is 5.56 Å². The van der Waals surface area contributed by atoms with E-state index in [9.17, 15) is 4.79 Å². The molecule has 0 bridgehead atoms. The van der Waals surface area contributed by atoms with E-state index in [0.29, 0.717) is 10.7 Å². The Bertz CT molecular complexity index is 922. The molecular formula is C20H19Cl2N3O. The smallest absolute Gasteiger partial charge is 0.266 e. The van der Waals surface area contributed by atoms with Gasteiger partial charge in [-0.3, -0.25) is 4.79 Å². The van der Waals surface area contributed by atoms with Crippen molar-refractivity contribution in [2.45, 2.75) is 25.9 Å². The Balaban J connectivity index is 0.00000196. The first-order valence-corrected chi connectivity index (χ1v) is 8.82. The van der Waals surface area contributed by atoms with Crippen LogP contribution < -0.4 is 22.3 Å². The predicted molar refractivity (Wildman–Crippen MR) is 98.5 cm³/mol. The van der Waals surface area contributed by atoms with Gasteiger partial charge in [0.2, 0.25) is 0 Å². The molecule has 0 aliphatic carbocycles. The number of para-hydroxylation sites is 1. The van der Waals surface area contributed by atoms with E-state index in [2.05, 4.69) is 32.8 Å². The number of halogens is 2. The van der Waals surface area contributed by atoms with E-state index in [4.69, 9.17) is 11.6 Å². The lowest BCUT2D eigenvalue weighted by molar-refractivity contribution is -0.690. The second-order valence-corrected chi connectivity index (χ2v) is 6.61. The van der Waals surface area contributed by atoms with Gasteiger partial charge in [0.1, 0.15) is 6.20 Å². The third-order valence-corrected chi connectivity index (χ3v) is 4.86. The molecule has 3 aromatic rings. The minimum absolute atomic E-state index is 0. The highest BCUT2D eigenvalue weighted by Crippen LogP contribution is 2.24. The van der Waals surface area contributed by atoms with Crippen molar-refractivity contribution in [2.24, 2.45) is 0 Å².